The minimum Gasteiger partial charge on any atom is -0.346 e. The van der Waals surface area contributed by atoms with Crippen LogP contribution >= 0.6 is 0 Å². The van der Waals surface area contributed by atoms with Crippen LogP contribution in [0.15, 0.2) is 24.3 Å². The Balaban J connectivity index is 1.89. The van der Waals surface area contributed by atoms with E-state index in [4.69, 9.17) is 15.2 Å². The molecule has 0 spiro atoms. The zero-order valence-corrected chi connectivity index (χ0v) is 11.1. The van der Waals surface area contributed by atoms with E-state index in [0.717, 1.165) is 17.7 Å². The number of nitrogens with one attached hydrogen (secondary N) is 1. The lowest BCUT2D eigenvalue weighted by Crippen LogP contribution is -2.26. The van der Waals surface area contributed by atoms with Gasteiger partial charge in [0.2, 0.25) is 5.91 Å². The SMILES string of the molecule is CCC(N)CC(=O)Nc1ccc(C2OCCO2)cc1. The maximum absolute atomic E-state index is 11.7. The van der Waals surface area contributed by atoms with Crippen LogP contribution in [0.25, 0.3) is 0 Å². The average Bonchev–Trinajstić information content (AvgIpc) is 2.93. The largest absolute Gasteiger partial charge is 0.346 e. The first-order chi connectivity index (χ1) is 9.19. The summed E-state index contributed by atoms with van der Waals surface area (Å²) in [6, 6.07) is 7.39. The molecule has 1 aromatic carbocycles. The molecule has 0 radical (unpaired) electrons. The molecule has 0 aliphatic carbocycles. The normalized spacial score (nSPS) is 17.4. The number of hydrogen-bond acceptors (Lipinski definition) is 4. The van der Waals surface area contributed by atoms with Crippen molar-refractivity contribution in [1.29, 1.82) is 0 Å². The molecule has 2 rings (SSSR count). The van der Waals surface area contributed by atoms with Gasteiger partial charge in [-0.2, -0.15) is 0 Å². The molecule has 1 aliphatic rings. The number of anilines is 1. The number of benzene rings is 1. The van der Waals surface area contributed by atoms with Gasteiger partial charge in [-0.3, -0.25) is 4.79 Å². The van der Waals surface area contributed by atoms with E-state index < -0.39 is 0 Å². The highest BCUT2D eigenvalue weighted by Gasteiger charge is 2.17. The zero-order valence-electron chi connectivity index (χ0n) is 11.1. The third-order valence-electron chi connectivity index (χ3n) is 3.06. The molecule has 0 aromatic heterocycles. The molecule has 1 atom stereocenters. The Morgan fingerprint density at radius 1 is 1.37 bits per heavy atom. The molecule has 0 saturated carbocycles. The van der Waals surface area contributed by atoms with Crippen LogP contribution in [0.5, 0.6) is 0 Å². The van der Waals surface area contributed by atoms with Crippen molar-refractivity contribution in [3.05, 3.63) is 29.8 Å². The summed E-state index contributed by atoms with van der Waals surface area (Å²) in [5.74, 6) is -0.0598. The van der Waals surface area contributed by atoms with Crippen LogP contribution in [-0.2, 0) is 14.3 Å². The Bertz CT molecular complexity index is 413. The van der Waals surface area contributed by atoms with Gasteiger partial charge in [0, 0.05) is 23.7 Å². The highest BCUT2D eigenvalue weighted by Crippen LogP contribution is 2.24. The quantitative estimate of drug-likeness (QED) is 0.850. The number of carbonyl (C=O) groups excluding carboxylic acids is 1. The second-order valence-electron chi connectivity index (χ2n) is 4.62. The number of nitrogens with two attached hydrogens (primary N) is 1. The Labute approximate surface area is 113 Å². The molecule has 104 valence electrons. The lowest BCUT2D eigenvalue weighted by atomic mass is 10.1. The molecule has 1 aliphatic heterocycles. The summed E-state index contributed by atoms with van der Waals surface area (Å²) in [6.45, 7) is 3.21. The van der Waals surface area contributed by atoms with Crippen LogP contribution < -0.4 is 11.1 Å². The third-order valence-corrected chi connectivity index (χ3v) is 3.06. The van der Waals surface area contributed by atoms with Crippen molar-refractivity contribution >= 4 is 11.6 Å². The minimum atomic E-state index is -0.279. The summed E-state index contributed by atoms with van der Waals surface area (Å²) < 4.78 is 10.8. The number of rotatable bonds is 5. The van der Waals surface area contributed by atoms with Crippen molar-refractivity contribution in [1.82, 2.24) is 0 Å². The fourth-order valence-electron chi connectivity index (χ4n) is 1.87. The molecule has 1 unspecified atom stereocenters. The predicted octanol–water partition coefficient (Wildman–Crippen LogP) is 1.80. The van der Waals surface area contributed by atoms with E-state index in [9.17, 15) is 4.79 Å². The summed E-state index contributed by atoms with van der Waals surface area (Å²) in [5, 5.41) is 2.82. The molecule has 5 nitrogen and oxygen atoms in total. The highest BCUT2D eigenvalue weighted by molar-refractivity contribution is 5.91. The fraction of sp³-hybridized carbons (Fsp3) is 0.500. The maximum Gasteiger partial charge on any atom is 0.225 e. The smallest absolute Gasteiger partial charge is 0.225 e. The third kappa shape index (κ3) is 4.02. The van der Waals surface area contributed by atoms with Crippen LogP contribution in [0.3, 0.4) is 0 Å². The van der Waals surface area contributed by atoms with Crippen LogP contribution in [0.2, 0.25) is 0 Å². The fourth-order valence-corrected chi connectivity index (χ4v) is 1.87. The van der Waals surface area contributed by atoms with Crippen molar-refractivity contribution in [2.45, 2.75) is 32.1 Å². The molecule has 1 fully saturated rings. The molecule has 1 heterocycles. The summed E-state index contributed by atoms with van der Waals surface area (Å²) in [4.78, 5) is 11.7. The molecule has 1 aromatic rings. The van der Waals surface area contributed by atoms with Gasteiger partial charge in [-0.1, -0.05) is 19.1 Å². The molecule has 1 saturated heterocycles. The number of hydrogen-bond donors (Lipinski definition) is 2. The lowest BCUT2D eigenvalue weighted by Gasteiger charge is -2.12. The minimum absolute atomic E-state index is 0.0598. The first-order valence-electron chi connectivity index (χ1n) is 6.57. The van der Waals surface area contributed by atoms with Crippen molar-refractivity contribution in [2.75, 3.05) is 18.5 Å². The molecule has 3 N–H and O–H groups in total. The van der Waals surface area contributed by atoms with Crippen LogP contribution in [0.4, 0.5) is 5.69 Å². The van der Waals surface area contributed by atoms with Crippen LogP contribution in [0, 0.1) is 0 Å². The summed E-state index contributed by atoms with van der Waals surface area (Å²) >= 11 is 0. The maximum atomic E-state index is 11.7. The van der Waals surface area contributed by atoms with Gasteiger partial charge >= 0.3 is 0 Å². The average molecular weight is 264 g/mol. The van der Waals surface area contributed by atoms with Gasteiger partial charge in [-0.25, -0.2) is 0 Å². The van der Waals surface area contributed by atoms with Gasteiger partial charge in [0.05, 0.1) is 13.2 Å². The van der Waals surface area contributed by atoms with Crippen molar-refractivity contribution in [3.8, 4) is 0 Å². The second-order valence-corrected chi connectivity index (χ2v) is 4.62. The Kier molecular flexibility index (Phi) is 4.90. The Morgan fingerprint density at radius 3 is 2.58 bits per heavy atom. The topological polar surface area (TPSA) is 73.6 Å². The highest BCUT2D eigenvalue weighted by atomic mass is 16.7. The summed E-state index contributed by atoms with van der Waals surface area (Å²) in [6.07, 6.45) is 0.855. The van der Waals surface area contributed by atoms with Gasteiger partial charge < -0.3 is 20.5 Å². The Morgan fingerprint density at radius 2 is 2.00 bits per heavy atom. The number of ether oxygens (including phenoxy) is 2. The van der Waals surface area contributed by atoms with Gasteiger partial charge in [0.15, 0.2) is 6.29 Å². The van der Waals surface area contributed by atoms with Crippen molar-refractivity contribution in [3.63, 3.8) is 0 Å². The van der Waals surface area contributed by atoms with Gasteiger partial charge in [-0.05, 0) is 18.6 Å². The van der Waals surface area contributed by atoms with E-state index in [1.807, 2.05) is 31.2 Å². The molecular formula is C14H20N2O3. The van der Waals surface area contributed by atoms with Crippen LogP contribution in [-0.4, -0.2) is 25.2 Å². The number of amides is 1. The molecule has 0 bridgehead atoms. The summed E-state index contributed by atoms with van der Waals surface area (Å²) in [7, 11) is 0. The van der Waals surface area contributed by atoms with E-state index in [0.29, 0.717) is 19.6 Å². The molecule has 19 heavy (non-hydrogen) atoms. The second kappa shape index (κ2) is 6.65. The molecular weight excluding hydrogens is 244 g/mol. The van der Waals surface area contributed by atoms with E-state index in [2.05, 4.69) is 5.32 Å². The molecule has 1 amide bonds. The van der Waals surface area contributed by atoms with E-state index >= 15 is 0 Å². The van der Waals surface area contributed by atoms with Crippen molar-refractivity contribution < 1.29 is 14.3 Å². The summed E-state index contributed by atoms with van der Waals surface area (Å²) in [5.41, 5.74) is 7.46. The zero-order chi connectivity index (χ0) is 13.7. The number of carbonyl (C=O) groups is 1. The first kappa shape index (κ1) is 14.0. The lowest BCUT2D eigenvalue weighted by molar-refractivity contribution is -0.116. The van der Waals surface area contributed by atoms with Crippen LogP contribution in [0.1, 0.15) is 31.6 Å². The van der Waals surface area contributed by atoms with Gasteiger partial charge in [0.25, 0.3) is 0 Å². The van der Waals surface area contributed by atoms with Crippen molar-refractivity contribution in [2.24, 2.45) is 5.73 Å². The van der Waals surface area contributed by atoms with Gasteiger partial charge in [0.1, 0.15) is 0 Å². The first-order valence-corrected chi connectivity index (χ1v) is 6.57. The predicted molar refractivity (Wildman–Crippen MR) is 72.6 cm³/mol. The molecule has 5 heteroatoms. The monoisotopic (exact) mass is 264 g/mol. The van der Waals surface area contributed by atoms with E-state index in [1.54, 1.807) is 0 Å². The standard InChI is InChI=1S/C14H20N2O3/c1-2-11(15)9-13(17)16-12-5-3-10(4-6-12)14-18-7-8-19-14/h3-6,11,14H,2,7-9,15H2,1H3,(H,16,17). The van der Waals surface area contributed by atoms with E-state index in [-0.39, 0.29) is 18.2 Å². The van der Waals surface area contributed by atoms with Gasteiger partial charge in [-0.15, -0.1) is 0 Å². The Hall–Kier alpha value is -1.43. The van der Waals surface area contributed by atoms with E-state index in [1.165, 1.54) is 0 Å².